The van der Waals surface area contributed by atoms with E-state index in [-0.39, 0.29) is 31.7 Å². The van der Waals surface area contributed by atoms with Gasteiger partial charge in [-0.15, -0.1) is 0 Å². The third-order valence-electron chi connectivity index (χ3n) is 4.63. The highest BCUT2D eigenvalue weighted by molar-refractivity contribution is 5.92. The summed E-state index contributed by atoms with van der Waals surface area (Å²) in [6.45, 7) is 1.28. The maximum Gasteiger partial charge on any atom is 0.428 e. The van der Waals surface area contributed by atoms with Gasteiger partial charge in [-0.3, -0.25) is 10.1 Å². The smallest absolute Gasteiger partial charge is 0.428 e. The van der Waals surface area contributed by atoms with E-state index in [1.54, 1.807) is 0 Å². The average molecular weight is 506 g/mol. The highest BCUT2D eigenvalue weighted by Crippen LogP contribution is 2.39. The van der Waals surface area contributed by atoms with Crippen LogP contribution in [0, 0.1) is 10.1 Å². The van der Waals surface area contributed by atoms with E-state index in [9.17, 15) is 51.2 Å². The Morgan fingerprint density at radius 3 is 2.21 bits per heavy atom. The number of carbonyl (C=O) groups excluding carboxylic acids is 1. The summed E-state index contributed by atoms with van der Waals surface area (Å²) in [6, 6.07) is 0.0746. The van der Waals surface area contributed by atoms with Crippen LogP contribution in [0.4, 0.5) is 32.0 Å². The number of carboxylic acids is 1. The number of aliphatic hydroxyl groups is 1. The molecule has 1 aromatic rings. The van der Waals surface area contributed by atoms with E-state index in [1.807, 2.05) is 0 Å². The number of carbonyl (C=O) groups is 2. The Morgan fingerprint density at radius 2 is 1.76 bits per heavy atom. The highest BCUT2D eigenvalue weighted by atomic mass is 19.4. The first-order chi connectivity index (χ1) is 15.5. The number of carboxylic acid groups (broad SMARTS) is 1. The zero-order valence-electron chi connectivity index (χ0n) is 17.7. The fourth-order valence-corrected chi connectivity index (χ4v) is 2.77. The van der Waals surface area contributed by atoms with Crippen LogP contribution < -0.4 is 4.74 Å². The lowest BCUT2D eigenvalue weighted by atomic mass is 9.95. The Hall–Kier alpha value is -3.17. The number of ether oxygens (including phenoxy) is 2. The van der Waals surface area contributed by atoms with Gasteiger partial charge in [-0.2, -0.15) is 31.3 Å². The second kappa shape index (κ2) is 10.8. The Kier molecular flexibility index (Phi) is 9.20. The standard InChI is InChI=1S/C18H20F6N2O8/c1-9(6-4-3-5-7-16(30,15(28)29)18(22,23)24)34-13-10(17(19,20)21)8-11(26(31)32)12(25-13)14(27)33-2/h8-9,30H,3-7H2,1-2H3,(H,28,29)/t9-,16+/m0/s1. The number of esters is 1. The monoisotopic (exact) mass is 506 g/mol. The largest absolute Gasteiger partial charge is 0.479 e. The number of alkyl halides is 6. The molecule has 0 aliphatic heterocycles. The van der Waals surface area contributed by atoms with Crippen molar-refractivity contribution >= 4 is 17.6 Å². The van der Waals surface area contributed by atoms with E-state index < -0.39 is 70.2 Å². The zero-order valence-corrected chi connectivity index (χ0v) is 17.7. The van der Waals surface area contributed by atoms with Crippen molar-refractivity contribution in [2.45, 2.75) is 63.1 Å². The van der Waals surface area contributed by atoms with Crippen LogP contribution in [-0.2, 0) is 15.7 Å². The molecule has 0 bridgehead atoms. The van der Waals surface area contributed by atoms with E-state index in [0.29, 0.717) is 0 Å². The number of nitrogens with zero attached hydrogens (tertiary/aromatic N) is 2. The molecular formula is C18H20F6N2O8. The van der Waals surface area contributed by atoms with Gasteiger partial charge in [0.1, 0.15) is 5.56 Å². The number of nitro groups is 1. The van der Waals surface area contributed by atoms with Gasteiger partial charge >= 0.3 is 30.0 Å². The minimum absolute atomic E-state index is 0.0351. The molecule has 1 aromatic heterocycles. The summed E-state index contributed by atoms with van der Waals surface area (Å²) in [7, 11) is 0.832. The van der Waals surface area contributed by atoms with Crippen LogP contribution in [0.15, 0.2) is 6.07 Å². The Labute approximate surface area is 187 Å². The van der Waals surface area contributed by atoms with E-state index in [0.717, 1.165) is 7.11 Å². The van der Waals surface area contributed by atoms with Crippen molar-refractivity contribution in [2.24, 2.45) is 0 Å². The lowest BCUT2D eigenvalue weighted by Gasteiger charge is -2.26. The van der Waals surface area contributed by atoms with E-state index in [1.165, 1.54) is 6.92 Å². The summed E-state index contributed by atoms with van der Waals surface area (Å²) in [5.41, 5.74) is -7.84. The molecule has 0 fully saturated rings. The number of aromatic nitrogens is 1. The number of halogens is 6. The van der Waals surface area contributed by atoms with Crippen molar-refractivity contribution in [2.75, 3.05) is 7.11 Å². The molecule has 1 heterocycles. The molecule has 16 heteroatoms. The van der Waals surface area contributed by atoms with Crippen molar-refractivity contribution in [1.82, 2.24) is 4.98 Å². The van der Waals surface area contributed by atoms with E-state index in [4.69, 9.17) is 9.84 Å². The molecule has 0 saturated carbocycles. The van der Waals surface area contributed by atoms with Crippen molar-refractivity contribution in [3.63, 3.8) is 0 Å². The first-order valence-electron chi connectivity index (χ1n) is 9.49. The third-order valence-corrected chi connectivity index (χ3v) is 4.63. The molecule has 0 aromatic carbocycles. The van der Waals surface area contributed by atoms with Crippen LogP contribution in [0.5, 0.6) is 5.88 Å². The molecule has 0 aliphatic carbocycles. The van der Waals surface area contributed by atoms with Crippen LogP contribution in [-0.4, -0.2) is 57.1 Å². The van der Waals surface area contributed by atoms with Crippen LogP contribution >= 0.6 is 0 Å². The molecule has 1 rings (SSSR count). The molecule has 34 heavy (non-hydrogen) atoms. The minimum atomic E-state index is -5.40. The quantitative estimate of drug-likeness (QED) is 0.150. The van der Waals surface area contributed by atoms with E-state index in [2.05, 4.69) is 9.72 Å². The summed E-state index contributed by atoms with van der Waals surface area (Å²) in [6.07, 6.45) is -13.1. The molecule has 0 saturated heterocycles. The predicted octanol–water partition coefficient (Wildman–Crippen LogP) is 3.89. The van der Waals surface area contributed by atoms with Gasteiger partial charge in [0.25, 0.3) is 5.60 Å². The van der Waals surface area contributed by atoms with Gasteiger partial charge in [0.05, 0.1) is 18.1 Å². The Balaban J connectivity index is 2.93. The Bertz CT molecular complexity index is 921. The maximum atomic E-state index is 13.4. The van der Waals surface area contributed by atoms with Crippen LogP contribution in [0.25, 0.3) is 0 Å². The number of methoxy groups -OCH3 is 1. The SMILES string of the molecule is COC(=O)c1nc(O[C@@H](C)CCCCC[C@@](O)(C(=O)O)C(F)(F)F)c(C(F)(F)F)cc1[N+](=O)[O-]. The van der Waals surface area contributed by atoms with Gasteiger partial charge in [-0.25, -0.2) is 9.59 Å². The molecule has 0 unspecified atom stereocenters. The first kappa shape index (κ1) is 28.9. The third kappa shape index (κ3) is 6.91. The van der Waals surface area contributed by atoms with Gasteiger partial charge < -0.3 is 19.7 Å². The number of hydrogen-bond donors (Lipinski definition) is 2. The number of pyridine rings is 1. The summed E-state index contributed by atoms with van der Waals surface area (Å²) >= 11 is 0. The number of aliphatic carboxylic acids is 1. The average Bonchev–Trinajstić information content (AvgIpc) is 2.70. The minimum Gasteiger partial charge on any atom is -0.479 e. The number of unbranched alkanes of at least 4 members (excludes halogenated alkanes) is 2. The molecule has 2 atom stereocenters. The second-order valence-corrected chi connectivity index (χ2v) is 7.15. The predicted molar refractivity (Wildman–Crippen MR) is 99.0 cm³/mol. The molecule has 0 aliphatic rings. The topological polar surface area (TPSA) is 149 Å². The molecule has 0 radical (unpaired) electrons. The van der Waals surface area contributed by atoms with Crippen molar-refractivity contribution < 1.29 is 60.5 Å². The fraction of sp³-hybridized carbons (Fsp3) is 0.611. The molecule has 2 N–H and O–H groups in total. The molecule has 0 amide bonds. The van der Waals surface area contributed by atoms with E-state index >= 15 is 0 Å². The van der Waals surface area contributed by atoms with Crippen LogP contribution in [0.2, 0.25) is 0 Å². The fourth-order valence-electron chi connectivity index (χ4n) is 2.77. The molecule has 0 spiro atoms. The van der Waals surface area contributed by atoms with Crippen LogP contribution in [0.1, 0.15) is 55.1 Å². The summed E-state index contributed by atoms with van der Waals surface area (Å²) in [5.74, 6) is -4.97. The normalized spacial score (nSPS) is 14.7. The second-order valence-electron chi connectivity index (χ2n) is 7.15. The van der Waals surface area contributed by atoms with Crippen molar-refractivity contribution in [3.05, 3.63) is 27.4 Å². The number of rotatable bonds is 11. The molecular weight excluding hydrogens is 486 g/mol. The summed E-state index contributed by atoms with van der Waals surface area (Å²) < 4.78 is 87.7. The van der Waals surface area contributed by atoms with Crippen LogP contribution in [0.3, 0.4) is 0 Å². The molecule has 192 valence electrons. The first-order valence-corrected chi connectivity index (χ1v) is 9.49. The maximum absolute atomic E-state index is 13.4. The summed E-state index contributed by atoms with van der Waals surface area (Å²) in [4.78, 5) is 35.6. The number of hydrogen-bond acceptors (Lipinski definition) is 8. The Morgan fingerprint density at radius 1 is 1.18 bits per heavy atom. The lowest BCUT2D eigenvalue weighted by Crippen LogP contribution is -2.52. The van der Waals surface area contributed by atoms with Crippen molar-refractivity contribution in [1.29, 1.82) is 0 Å². The lowest BCUT2D eigenvalue weighted by molar-refractivity contribution is -0.385. The van der Waals surface area contributed by atoms with Crippen molar-refractivity contribution in [3.8, 4) is 5.88 Å². The molecule has 10 nitrogen and oxygen atoms in total. The van der Waals surface area contributed by atoms with Gasteiger partial charge in [0.15, 0.2) is 0 Å². The van der Waals surface area contributed by atoms with Gasteiger partial charge in [0.2, 0.25) is 11.6 Å². The van der Waals surface area contributed by atoms with Gasteiger partial charge in [-0.1, -0.05) is 6.42 Å². The van der Waals surface area contributed by atoms with Gasteiger partial charge in [0, 0.05) is 6.07 Å². The summed E-state index contributed by atoms with van der Waals surface area (Å²) in [5, 5.41) is 29.0. The zero-order chi connectivity index (χ0) is 26.5. The van der Waals surface area contributed by atoms with Gasteiger partial charge in [-0.05, 0) is 32.6 Å². The highest BCUT2D eigenvalue weighted by Gasteiger charge is 2.59.